The lowest BCUT2D eigenvalue weighted by atomic mass is 10.0. The lowest BCUT2D eigenvalue weighted by Gasteiger charge is -2.40. The zero-order valence-corrected chi connectivity index (χ0v) is 13.5. The Kier molecular flexibility index (Phi) is 3.19. The third kappa shape index (κ3) is 2.71. The molecular formula is C16H17N7O2. The summed E-state index contributed by atoms with van der Waals surface area (Å²) in [5.41, 5.74) is 1.10. The summed E-state index contributed by atoms with van der Waals surface area (Å²) in [4.78, 5) is 14.3. The molecule has 1 aliphatic heterocycles. The molecule has 0 radical (unpaired) electrons. The van der Waals surface area contributed by atoms with Crippen molar-refractivity contribution in [3.8, 4) is 0 Å². The van der Waals surface area contributed by atoms with Crippen LogP contribution in [0.15, 0.2) is 29.0 Å². The number of hydrogen-bond donors (Lipinski definition) is 1. The maximum Gasteiger partial charge on any atom is 0.273 e. The predicted molar refractivity (Wildman–Crippen MR) is 87.3 cm³/mol. The molecule has 1 N–H and O–H groups in total. The fourth-order valence-corrected chi connectivity index (χ4v) is 3.06. The van der Waals surface area contributed by atoms with Crippen LogP contribution in [0.1, 0.15) is 35.0 Å². The second-order valence-electron chi connectivity index (χ2n) is 6.70. The monoisotopic (exact) mass is 339 g/mol. The first-order valence-corrected chi connectivity index (χ1v) is 8.43. The molecule has 0 unspecified atom stereocenters. The SMILES string of the molecule is O=C(NCC1CN(c2ccc3nncn3n2)C1)c1cc(C2CC2)on1. The molecule has 3 aromatic heterocycles. The van der Waals surface area contributed by atoms with Gasteiger partial charge >= 0.3 is 0 Å². The Hall–Kier alpha value is -2.97. The highest BCUT2D eigenvalue weighted by Crippen LogP contribution is 2.40. The van der Waals surface area contributed by atoms with Crippen LogP contribution in [0, 0.1) is 5.92 Å². The second-order valence-corrected chi connectivity index (χ2v) is 6.70. The van der Waals surface area contributed by atoms with Crippen molar-refractivity contribution in [3.05, 3.63) is 36.0 Å². The molecule has 3 aromatic rings. The van der Waals surface area contributed by atoms with Crippen LogP contribution in [0.2, 0.25) is 0 Å². The number of nitrogens with one attached hydrogen (secondary N) is 1. The molecule has 1 amide bonds. The number of fused-ring (bicyclic) bond motifs is 1. The van der Waals surface area contributed by atoms with Crippen molar-refractivity contribution < 1.29 is 9.32 Å². The normalized spacial score (nSPS) is 17.7. The second kappa shape index (κ2) is 5.54. The summed E-state index contributed by atoms with van der Waals surface area (Å²) >= 11 is 0. The van der Waals surface area contributed by atoms with Gasteiger partial charge in [-0.1, -0.05) is 5.16 Å². The van der Waals surface area contributed by atoms with E-state index in [9.17, 15) is 4.79 Å². The molecule has 4 heterocycles. The molecular weight excluding hydrogens is 322 g/mol. The molecule has 25 heavy (non-hydrogen) atoms. The van der Waals surface area contributed by atoms with Crippen LogP contribution in [0.5, 0.6) is 0 Å². The molecule has 2 fully saturated rings. The number of nitrogens with zero attached hydrogens (tertiary/aromatic N) is 6. The third-order valence-corrected chi connectivity index (χ3v) is 4.72. The molecule has 0 aromatic carbocycles. The fourth-order valence-electron chi connectivity index (χ4n) is 3.06. The molecule has 1 saturated heterocycles. The Bertz CT molecular complexity index is 923. The van der Waals surface area contributed by atoms with E-state index in [0.717, 1.165) is 43.2 Å². The number of hydrogen-bond acceptors (Lipinski definition) is 7. The molecule has 0 atom stereocenters. The van der Waals surface area contributed by atoms with Crippen molar-refractivity contribution in [2.45, 2.75) is 18.8 Å². The predicted octanol–water partition coefficient (Wildman–Crippen LogP) is 0.856. The lowest BCUT2D eigenvalue weighted by Crippen LogP contribution is -2.52. The lowest BCUT2D eigenvalue weighted by molar-refractivity contribution is 0.0935. The van der Waals surface area contributed by atoms with Gasteiger partial charge in [0.15, 0.2) is 11.3 Å². The van der Waals surface area contributed by atoms with Crippen molar-refractivity contribution in [2.75, 3.05) is 24.5 Å². The maximum absolute atomic E-state index is 12.1. The largest absolute Gasteiger partial charge is 0.360 e. The van der Waals surface area contributed by atoms with Crippen LogP contribution >= 0.6 is 0 Å². The van der Waals surface area contributed by atoms with E-state index in [1.807, 2.05) is 12.1 Å². The van der Waals surface area contributed by atoms with Gasteiger partial charge in [0, 0.05) is 37.5 Å². The minimum atomic E-state index is -0.168. The number of rotatable bonds is 5. The highest BCUT2D eigenvalue weighted by atomic mass is 16.5. The standard InChI is InChI=1S/C16H17N7O2/c24-16(12-5-13(25-21-12)11-1-2-11)17-6-10-7-22(8-10)15-4-3-14-19-18-9-23(14)20-15/h3-5,9-11H,1-2,6-8H2,(H,17,24). The Labute approximate surface area is 143 Å². The van der Waals surface area contributed by atoms with E-state index in [4.69, 9.17) is 4.52 Å². The van der Waals surface area contributed by atoms with Gasteiger partial charge in [-0.25, -0.2) is 0 Å². The van der Waals surface area contributed by atoms with Crippen molar-refractivity contribution >= 4 is 17.4 Å². The quantitative estimate of drug-likeness (QED) is 0.735. The van der Waals surface area contributed by atoms with E-state index in [1.165, 1.54) is 0 Å². The van der Waals surface area contributed by atoms with Crippen LogP contribution in [-0.4, -0.2) is 50.5 Å². The average Bonchev–Trinajstić information content (AvgIpc) is 3.13. The van der Waals surface area contributed by atoms with Crippen molar-refractivity contribution in [3.63, 3.8) is 0 Å². The first-order chi connectivity index (χ1) is 12.3. The molecule has 128 valence electrons. The van der Waals surface area contributed by atoms with E-state index < -0.39 is 0 Å². The van der Waals surface area contributed by atoms with Gasteiger partial charge in [0.2, 0.25) is 0 Å². The van der Waals surface area contributed by atoms with E-state index in [1.54, 1.807) is 16.9 Å². The summed E-state index contributed by atoms with van der Waals surface area (Å²) in [6.07, 6.45) is 3.84. The van der Waals surface area contributed by atoms with Crippen molar-refractivity contribution in [1.82, 2.24) is 30.3 Å². The average molecular weight is 339 g/mol. The molecule has 9 heteroatoms. The third-order valence-electron chi connectivity index (χ3n) is 4.72. The Morgan fingerprint density at radius 1 is 1.32 bits per heavy atom. The molecule has 1 saturated carbocycles. The zero-order valence-electron chi connectivity index (χ0n) is 13.5. The van der Waals surface area contributed by atoms with Crippen molar-refractivity contribution in [1.29, 1.82) is 0 Å². The van der Waals surface area contributed by atoms with E-state index in [2.05, 4.69) is 30.7 Å². The Balaban J connectivity index is 1.13. The molecule has 9 nitrogen and oxygen atoms in total. The van der Waals surface area contributed by atoms with E-state index in [-0.39, 0.29) is 5.91 Å². The topological polar surface area (TPSA) is 101 Å². The highest BCUT2D eigenvalue weighted by Gasteiger charge is 2.30. The van der Waals surface area contributed by atoms with E-state index >= 15 is 0 Å². The number of carbonyl (C=O) groups is 1. The summed E-state index contributed by atoms with van der Waals surface area (Å²) in [7, 11) is 0. The zero-order chi connectivity index (χ0) is 16.8. The summed E-state index contributed by atoms with van der Waals surface area (Å²) in [6, 6.07) is 5.60. The summed E-state index contributed by atoms with van der Waals surface area (Å²) in [5.74, 6) is 2.41. The Morgan fingerprint density at radius 2 is 2.20 bits per heavy atom. The maximum atomic E-state index is 12.1. The summed E-state index contributed by atoms with van der Waals surface area (Å²) in [6.45, 7) is 2.33. The van der Waals surface area contributed by atoms with Crippen LogP contribution < -0.4 is 10.2 Å². The van der Waals surface area contributed by atoms with Gasteiger partial charge < -0.3 is 14.7 Å². The summed E-state index contributed by atoms with van der Waals surface area (Å²) < 4.78 is 6.88. The first-order valence-electron chi connectivity index (χ1n) is 8.43. The molecule has 1 aliphatic carbocycles. The van der Waals surface area contributed by atoms with Crippen molar-refractivity contribution in [2.24, 2.45) is 5.92 Å². The minimum Gasteiger partial charge on any atom is -0.360 e. The van der Waals surface area contributed by atoms with Crippen LogP contribution in [0.3, 0.4) is 0 Å². The molecule has 0 spiro atoms. The van der Waals surface area contributed by atoms with Gasteiger partial charge in [0.1, 0.15) is 17.9 Å². The minimum absolute atomic E-state index is 0.168. The smallest absolute Gasteiger partial charge is 0.273 e. The molecule has 2 aliphatic rings. The van der Waals surface area contributed by atoms with Gasteiger partial charge in [0.25, 0.3) is 5.91 Å². The van der Waals surface area contributed by atoms with Gasteiger partial charge in [-0.15, -0.1) is 15.3 Å². The summed E-state index contributed by atoms with van der Waals surface area (Å²) in [5, 5.41) is 19.0. The number of amides is 1. The number of anilines is 1. The van der Waals surface area contributed by atoms with E-state index in [0.29, 0.717) is 24.1 Å². The first kappa shape index (κ1) is 14.4. The Morgan fingerprint density at radius 3 is 3.04 bits per heavy atom. The van der Waals surface area contributed by atoms with Gasteiger partial charge in [-0.3, -0.25) is 4.79 Å². The molecule has 0 bridgehead atoms. The van der Waals surface area contributed by atoms with Gasteiger partial charge in [-0.2, -0.15) is 4.52 Å². The molecule has 5 rings (SSSR count). The van der Waals surface area contributed by atoms with Gasteiger partial charge in [0.05, 0.1) is 0 Å². The number of aromatic nitrogens is 5. The van der Waals surface area contributed by atoms with Crippen LogP contribution in [0.25, 0.3) is 5.65 Å². The van der Waals surface area contributed by atoms with Crippen LogP contribution in [-0.2, 0) is 0 Å². The van der Waals surface area contributed by atoms with Crippen LogP contribution in [0.4, 0.5) is 5.82 Å². The fraction of sp³-hybridized carbons (Fsp3) is 0.438. The van der Waals surface area contributed by atoms with Gasteiger partial charge in [-0.05, 0) is 25.0 Å². The number of carbonyl (C=O) groups excluding carboxylic acids is 1. The highest BCUT2D eigenvalue weighted by molar-refractivity contribution is 5.92.